The summed E-state index contributed by atoms with van der Waals surface area (Å²) in [5, 5.41) is 10.9. The van der Waals surface area contributed by atoms with Gasteiger partial charge in [0.25, 0.3) is 5.91 Å². The summed E-state index contributed by atoms with van der Waals surface area (Å²) < 4.78 is 2.02. The Labute approximate surface area is 190 Å². The fourth-order valence-electron chi connectivity index (χ4n) is 3.76. The molecule has 0 radical (unpaired) electrons. The number of aryl methyl sites for hydroxylation is 5. The van der Waals surface area contributed by atoms with E-state index in [1.165, 1.54) is 11.3 Å². The summed E-state index contributed by atoms with van der Waals surface area (Å²) in [4.78, 5) is 17.6. The van der Waals surface area contributed by atoms with Crippen molar-refractivity contribution in [1.82, 2.24) is 15.1 Å². The number of benzene rings is 2. The Morgan fingerprint density at radius 3 is 2.47 bits per heavy atom. The Balaban J connectivity index is 1.83. The lowest BCUT2D eigenvalue weighted by Gasteiger charge is -2.14. The Morgan fingerprint density at radius 1 is 1.03 bits per heavy atom. The van der Waals surface area contributed by atoms with Gasteiger partial charge in [-0.05, 0) is 82.9 Å². The average molecular weight is 432 g/mol. The molecule has 1 heterocycles. The van der Waals surface area contributed by atoms with Gasteiger partial charge < -0.3 is 5.32 Å². The topological polar surface area (TPSA) is 71.3 Å². The molecule has 1 aromatic heterocycles. The van der Waals surface area contributed by atoms with Crippen LogP contribution in [0.3, 0.4) is 0 Å². The first-order valence-corrected chi connectivity index (χ1v) is 11.1. The predicted octanol–water partition coefficient (Wildman–Crippen LogP) is 4.89. The minimum Gasteiger partial charge on any atom is -0.326 e. The molecule has 2 N–H and O–H groups in total. The Morgan fingerprint density at radius 2 is 1.78 bits per heavy atom. The molecule has 2 aromatic carbocycles. The number of nitrogens with one attached hydrogen (secondary N) is 2. The smallest absolute Gasteiger partial charge is 0.257 e. The van der Waals surface area contributed by atoms with Crippen molar-refractivity contribution in [3.63, 3.8) is 0 Å². The third-order valence-electron chi connectivity index (χ3n) is 5.62. The summed E-state index contributed by atoms with van der Waals surface area (Å²) in [7, 11) is 0. The van der Waals surface area contributed by atoms with Gasteiger partial charge in [0.05, 0.1) is 5.69 Å². The Hall–Kier alpha value is -3.41. The van der Waals surface area contributed by atoms with Crippen LogP contribution in [-0.2, 0) is 13.0 Å². The van der Waals surface area contributed by atoms with Crippen LogP contribution >= 0.6 is 0 Å². The van der Waals surface area contributed by atoms with Gasteiger partial charge in [-0.25, -0.2) is 0 Å². The van der Waals surface area contributed by atoms with E-state index in [1.807, 2.05) is 56.6 Å². The van der Waals surface area contributed by atoms with Gasteiger partial charge in [-0.2, -0.15) is 5.10 Å². The van der Waals surface area contributed by atoms with Crippen molar-refractivity contribution in [2.45, 2.75) is 54.5 Å². The molecule has 0 unspecified atom stereocenters. The lowest BCUT2D eigenvalue weighted by Crippen LogP contribution is -2.36. The van der Waals surface area contributed by atoms with Crippen molar-refractivity contribution in [2.75, 3.05) is 11.9 Å². The standard InChI is InChI=1S/C26H33N5O/c1-7-31-21(6)23(20(5)30-31)13-14-27-26(28-24-16-18(3)11-12-19(24)4)29-25(32)22-10-8-9-17(2)15-22/h8-12,15-16H,7,13-14H2,1-6H3,(H2,27,28,29,32). The first-order chi connectivity index (χ1) is 15.3. The number of amides is 1. The number of nitrogens with zero attached hydrogens (tertiary/aromatic N) is 3. The summed E-state index contributed by atoms with van der Waals surface area (Å²) in [6.45, 7) is 13.7. The highest BCUT2D eigenvalue weighted by atomic mass is 16.1. The van der Waals surface area contributed by atoms with Crippen LogP contribution < -0.4 is 10.6 Å². The molecule has 6 nitrogen and oxygen atoms in total. The fourth-order valence-corrected chi connectivity index (χ4v) is 3.76. The highest BCUT2D eigenvalue weighted by Gasteiger charge is 2.13. The van der Waals surface area contributed by atoms with Crippen molar-refractivity contribution in [1.29, 1.82) is 0 Å². The molecule has 0 saturated carbocycles. The number of carbonyl (C=O) groups is 1. The van der Waals surface area contributed by atoms with Gasteiger partial charge in [0.2, 0.25) is 5.96 Å². The summed E-state index contributed by atoms with van der Waals surface area (Å²) in [6, 6.07) is 13.7. The van der Waals surface area contributed by atoms with Gasteiger partial charge in [-0.3, -0.25) is 19.8 Å². The molecule has 6 heteroatoms. The van der Waals surface area contributed by atoms with Crippen molar-refractivity contribution in [3.8, 4) is 0 Å². The molecule has 0 fully saturated rings. The Bertz CT molecular complexity index is 1140. The monoisotopic (exact) mass is 431 g/mol. The van der Waals surface area contributed by atoms with Crippen molar-refractivity contribution < 1.29 is 4.79 Å². The minimum atomic E-state index is -0.184. The van der Waals surface area contributed by atoms with E-state index >= 15 is 0 Å². The molecular formula is C26H33N5O. The largest absolute Gasteiger partial charge is 0.326 e. The predicted molar refractivity (Wildman–Crippen MR) is 132 cm³/mol. The van der Waals surface area contributed by atoms with E-state index in [9.17, 15) is 4.79 Å². The van der Waals surface area contributed by atoms with Gasteiger partial charge >= 0.3 is 0 Å². The quantitative estimate of drug-likeness (QED) is 0.431. The molecule has 1 amide bonds. The number of anilines is 1. The molecule has 3 aromatic rings. The van der Waals surface area contributed by atoms with Crippen molar-refractivity contribution in [2.24, 2.45) is 4.99 Å². The number of carbonyl (C=O) groups excluding carboxylic acids is 1. The highest BCUT2D eigenvalue weighted by molar-refractivity contribution is 6.10. The molecule has 0 aliphatic carbocycles. The van der Waals surface area contributed by atoms with E-state index in [1.54, 1.807) is 0 Å². The van der Waals surface area contributed by atoms with Crippen molar-refractivity contribution in [3.05, 3.63) is 81.7 Å². The van der Waals surface area contributed by atoms with Crippen molar-refractivity contribution >= 4 is 17.6 Å². The zero-order valence-corrected chi connectivity index (χ0v) is 19.9. The summed E-state index contributed by atoms with van der Waals surface area (Å²) in [6.07, 6.45) is 0.760. The van der Waals surface area contributed by atoms with E-state index in [4.69, 9.17) is 4.99 Å². The lowest BCUT2D eigenvalue weighted by molar-refractivity contribution is 0.0977. The molecule has 3 rings (SSSR count). The first-order valence-electron chi connectivity index (χ1n) is 11.1. The fraction of sp³-hybridized carbons (Fsp3) is 0.346. The lowest BCUT2D eigenvalue weighted by atomic mass is 10.1. The number of hydrogen-bond acceptors (Lipinski definition) is 3. The molecular weight excluding hydrogens is 398 g/mol. The minimum absolute atomic E-state index is 0.184. The van der Waals surface area contributed by atoms with E-state index in [-0.39, 0.29) is 5.91 Å². The number of hydrogen-bond donors (Lipinski definition) is 2. The molecule has 0 atom stereocenters. The highest BCUT2D eigenvalue weighted by Crippen LogP contribution is 2.17. The molecule has 0 bridgehead atoms. The second kappa shape index (κ2) is 10.3. The van der Waals surface area contributed by atoms with Crippen LogP contribution in [0.4, 0.5) is 5.69 Å². The zero-order valence-electron chi connectivity index (χ0n) is 19.9. The van der Waals surface area contributed by atoms with E-state index in [2.05, 4.69) is 47.8 Å². The SMILES string of the molecule is CCn1nc(C)c(CCN=C(NC(=O)c2cccc(C)c2)Nc2cc(C)ccc2C)c1C. The summed E-state index contributed by atoms with van der Waals surface area (Å²) in [5.74, 6) is 0.264. The first kappa shape index (κ1) is 23.3. The molecule has 0 spiro atoms. The second-order valence-corrected chi connectivity index (χ2v) is 8.21. The van der Waals surface area contributed by atoms with Gasteiger partial charge in [-0.15, -0.1) is 0 Å². The van der Waals surface area contributed by atoms with E-state index in [0.717, 1.165) is 41.0 Å². The maximum atomic E-state index is 12.9. The van der Waals surface area contributed by atoms with Gasteiger partial charge in [0, 0.05) is 30.0 Å². The van der Waals surface area contributed by atoms with E-state index in [0.29, 0.717) is 18.1 Å². The average Bonchev–Trinajstić information content (AvgIpc) is 3.03. The van der Waals surface area contributed by atoms with Crippen LogP contribution in [0.25, 0.3) is 0 Å². The summed E-state index contributed by atoms with van der Waals surface area (Å²) in [5.41, 5.74) is 8.23. The molecule has 32 heavy (non-hydrogen) atoms. The third kappa shape index (κ3) is 5.63. The van der Waals surface area contributed by atoms with Gasteiger partial charge in [-0.1, -0.05) is 29.8 Å². The number of aliphatic imine (C=N–C) groups is 1. The molecule has 168 valence electrons. The van der Waals surface area contributed by atoms with E-state index < -0.39 is 0 Å². The third-order valence-corrected chi connectivity index (χ3v) is 5.62. The maximum Gasteiger partial charge on any atom is 0.257 e. The van der Waals surface area contributed by atoms with Gasteiger partial charge in [0.15, 0.2) is 0 Å². The van der Waals surface area contributed by atoms with Crippen LogP contribution in [0.5, 0.6) is 0 Å². The summed E-state index contributed by atoms with van der Waals surface area (Å²) >= 11 is 0. The molecule has 0 aliphatic rings. The molecule has 0 aliphatic heterocycles. The van der Waals surface area contributed by atoms with Crippen LogP contribution in [0.1, 0.15) is 50.9 Å². The van der Waals surface area contributed by atoms with Crippen LogP contribution in [0, 0.1) is 34.6 Å². The number of aromatic nitrogens is 2. The molecule has 0 saturated heterocycles. The van der Waals surface area contributed by atoms with Crippen LogP contribution in [0.2, 0.25) is 0 Å². The normalized spacial score (nSPS) is 11.5. The Kier molecular flexibility index (Phi) is 7.46. The maximum absolute atomic E-state index is 12.9. The number of rotatable bonds is 6. The van der Waals surface area contributed by atoms with Crippen LogP contribution in [-0.4, -0.2) is 28.2 Å². The zero-order chi connectivity index (χ0) is 23.3. The number of guanidine groups is 1. The van der Waals surface area contributed by atoms with Gasteiger partial charge in [0.1, 0.15) is 0 Å². The van der Waals surface area contributed by atoms with Crippen LogP contribution in [0.15, 0.2) is 47.5 Å². The second-order valence-electron chi connectivity index (χ2n) is 8.21.